The Kier molecular flexibility index (Phi) is 6.84. The van der Waals surface area contributed by atoms with Crippen LogP contribution < -0.4 is 15.5 Å². The average molecular weight is 457 g/mol. The smallest absolute Gasteiger partial charge is 0.260 e. The van der Waals surface area contributed by atoms with E-state index in [1.54, 1.807) is 18.2 Å². The minimum absolute atomic E-state index is 0.333. The van der Waals surface area contributed by atoms with Crippen molar-refractivity contribution in [3.05, 3.63) is 70.7 Å². The summed E-state index contributed by atoms with van der Waals surface area (Å²) in [5.41, 5.74) is 1.58. The van der Waals surface area contributed by atoms with Gasteiger partial charge >= 0.3 is 0 Å². The van der Waals surface area contributed by atoms with Gasteiger partial charge in [0.25, 0.3) is 5.91 Å². The van der Waals surface area contributed by atoms with Crippen molar-refractivity contribution in [2.45, 2.75) is 12.8 Å². The molecule has 160 valence electrons. The molecule has 0 aliphatic carbocycles. The molecule has 9 heteroatoms. The maximum Gasteiger partial charge on any atom is 0.260 e. The Balaban J connectivity index is 1.37. The predicted molar refractivity (Wildman–Crippen MR) is 124 cm³/mol. The topological polar surface area (TPSA) is 83.0 Å². The standard InChI is InChI=1S/C22H22Cl2N6O/c23-16-1-2-20(26-13-16)29-22(31)19-11-17(24)14-28-21(19)27-12-15-5-9-30(10-6-15)18-3-7-25-8-4-18/h1-4,7-8,11,13-15H,5-6,9-10,12H2,(H,27,28)(H,26,29,31). The van der Waals surface area contributed by atoms with Gasteiger partial charge in [-0.1, -0.05) is 23.2 Å². The second-order valence-electron chi connectivity index (χ2n) is 7.38. The lowest BCUT2D eigenvalue weighted by Crippen LogP contribution is -2.36. The summed E-state index contributed by atoms with van der Waals surface area (Å²) in [6.45, 7) is 2.71. The molecule has 4 rings (SSSR count). The van der Waals surface area contributed by atoms with Crippen LogP contribution in [-0.4, -0.2) is 40.5 Å². The zero-order valence-electron chi connectivity index (χ0n) is 16.8. The molecule has 0 spiro atoms. The maximum atomic E-state index is 12.8. The van der Waals surface area contributed by atoms with Crippen molar-refractivity contribution in [1.82, 2.24) is 15.0 Å². The van der Waals surface area contributed by atoms with Crippen LogP contribution in [0, 0.1) is 5.92 Å². The van der Waals surface area contributed by atoms with Crippen LogP contribution in [0.15, 0.2) is 55.1 Å². The quantitative estimate of drug-likeness (QED) is 0.556. The number of nitrogens with one attached hydrogen (secondary N) is 2. The van der Waals surface area contributed by atoms with Crippen LogP contribution in [-0.2, 0) is 0 Å². The molecule has 3 aromatic heterocycles. The molecule has 1 fully saturated rings. The molecule has 1 amide bonds. The number of hydrogen-bond donors (Lipinski definition) is 2. The number of anilines is 3. The zero-order chi connectivity index (χ0) is 21.6. The Labute approximate surface area is 190 Å². The van der Waals surface area contributed by atoms with Gasteiger partial charge in [-0.15, -0.1) is 0 Å². The summed E-state index contributed by atoms with van der Waals surface area (Å²) in [4.78, 5) is 27.7. The third kappa shape index (κ3) is 5.62. The fourth-order valence-electron chi connectivity index (χ4n) is 3.58. The van der Waals surface area contributed by atoms with E-state index in [1.807, 2.05) is 24.5 Å². The van der Waals surface area contributed by atoms with E-state index >= 15 is 0 Å². The number of nitrogens with zero attached hydrogens (tertiary/aromatic N) is 4. The van der Waals surface area contributed by atoms with Crippen molar-refractivity contribution in [3.8, 4) is 0 Å². The van der Waals surface area contributed by atoms with Crippen molar-refractivity contribution < 1.29 is 4.79 Å². The van der Waals surface area contributed by atoms with Gasteiger partial charge in [0.2, 0.25) is 0 Å². The van der Waals surface area contributed by atoms with Crippen molar-refractivity contribution in [1.29, 1.82) is 0 Å². The lowest BCUT2D eigenvalue weighted by molar-refractivity contribution is 0.102. The van der Waals surface area contributed by atoms with Gasteiger partial charge < -0.3 is 15.5 Å². The Morgan fingerprint density at radius 3 is 2.48 bits per heavy atom. The van der Waals surface area contributed by atoms with Gasteiger partial charge in [0.15, 0.2) is 0 Å². The number of carbonyl (C=O) groups is 1. The highest BCUT2D eigenvalue weighted by Gasteiger charge is 2.21. The van der Waals surface area contributed by atoms with Gasteiger partial charge in [-0.25, -0.2) is 9.97 Å². The summed E-state index contributed by atoms with van der Waals surface area (Å²) in [5, 5.41) is 6.99. The molecule has 1 saturated heterocycles. The Hall–Kier alpha value is -2.90. The predicted octanol–water partition coefficient (Wildman–Crippen LogP) is 4.76. The first-order valence-corrected chi connectivity index (χ1v) is 10.8. The monoisotopic (exact) mass is 456 g/mol. The minimum Gasteiger partial charge on any atom is -0.371 e. The van der Waals surface area contributed by atoms with Crippen LogP contribution in [0.3, 0.4) is 0 Å². The number of hydrogen-bond acceptors (Lipinski definition) is 6. The number of carbonyl (C=O) groups excluding carboxylic acids is 1. The van der Waals surface area contributed by atoms with Crippen LogP contribution in [0.5, 0.6) is 0 Å². The molecule has 0 radical (unpaired) electrons. The number of rotatable bonds is 6. The molecule has 4 heterocycles. The molecule has 0 aromatic carbocycles. The lowest BCUT2D eigenvalue weighted by Gasteiger charge is -2.33. The lowest BCUT2D eigenvalue weighted by atomic mass is 9.96. The fraction of sp³-hybridized carbons (Fsp3) is 0.273. The van der Waals surface area contributed by atoms with Crippen molar-refractivity contribution in [2.75, 3.05) is 35.2 Å². The Bertz CT molecular complexity index is 1020. The summed E-state index contributed by atoms with van der Waals surface area (Å²) in [7, 11) is 0. The number of pyridine rings is 3. The average Bonchev–Trinajstić information content (AvgIpc) is 2.80. The van der Waals surface area contributed by atoms with Crippen LogP contribution >= 0.6 is 23.2 Å². The summed E-state index contributed by atoms with van der Waals surface area (Å²) in [5.74, 6) is 1.07. The largest absolute Gasteiger partial charge is 0.371 e. The van der Waals surface area contributed by atoms with E-state index in [2.05, 4.69) is 30.5 Å². The molecular weight excluding hydrogens is 435 g/mol. The third-order valence-corrected chi connectivity index (χ3v) is 5.70. The fourth-order valence-corrected chi connectivity index (χ4v) is 3.85. The first kappa shape index (κ1) is 21.3. The molecule has 7 nitrogen and oxygen atoms in total. The van der Waals surface area contributed by atoms with Crippen molar-refractivity contribution in [2.24, 2.45) is 5.92 Å². The number of aromatic nitrogens is 3. The first-order chi connectivity index (χ1) is 15.1. The van der Waals surface area contributed by atoms with E-state index in [4.69, 9.17) is 23.2 Å². The SMILES string of the molecule is O=C(Nc1ccc(Cl)cn1)c1cc(Cl)cnc1NCC1CCN(c2ccncc2)CC1. The third-order valence-electron chi connectivity index (χ3n) is 5.27. The normalized spacial score (nSPS) is 14.3. The molecule has 0 atom stereocenters. The number of halogens is 2. The number of piperidine rings is 1. The van der Waals surface area contributed by atoms with Gasteiger partial charge in [-0.3, -0.25) is 9.78 Å². The van der Waals surface area contributed by atoms with Gasteiger partial charge in [0.05, 0.1) is 15.6 Å². The van der Waals surface area contributed by atoms with E-state index in [9.17, 15) is 4.79 Å². The second kappa shape index (κ2) is 9.94. The molecule has 0 bridgehead atoms. The Morgan fingerprint density at radius 2 is 1.77 bits per heavy atom. The van der Waals surface area contributed by atoms with E-state index in [0.717, 1.165) is 32.5 Å². The highest BCUT2D eigenvalue weighted by molar-refractivity contribution is 6.31. The van der Waals surface area contributed by atoms with Crippen molar-refractivity contribution in [3.63, 3.8) is 0 Å². The first-order valence-electron chi connectivity index (χ1n) is 10.1. The highest BCUT2D eigenvalue weighted by atomic mass is 35.5. The summed E-state index contributed by atoms with van der Waals surface area (Å²) < 4.78 is 0. The molecule has 3 aromatic rings. The molecule has 2 N–H and O–H groups in total. The van der Waals surface area contributed by atoms with Gasteiger partial charge in [-0.05, 0) is 49.1 Å². The maximum absolute atomic E-state index is 12.8. The van der Waals surface area contributed by atoms with E-state index in [0.29, 0.717) is 33.2 Å². The Morgan fingerprint density at radius 1 is 1.03 bits per heavy atom. The second-order valence-corrected chi connectivity index (χ2v) is 8.26. The van der Waals surface area contributed by atoms with Crippen molar-refractivity contribution >= 4 is 46.4 Å². The highest BCUT2D eigenvalue weighted by Crippen LogP contribution is 2.24. The molecule has 31 heavy (non-hydrogen) atoms. The molecule has 1 aliphatic heterocycles. The van der Waals surface area contributed by atoms with Crippen LogP contribution in [0.2, 0.25) is 10.0 Å². The van der Waals surface area contributed by atoms with E-state index in [-0.39, 0.29) is 5.91 Å². The van der Waals surface area contributed by atoms with Gasteiger partial charge in [0, 0.05) is 50.1 Å². The molecule has 0 saturated carbocycles. The van der Waals surface area contributed by atoms with Gasteiger partial charge in [0.1, 0.15) is 11.6 Å². The van der Waals surface area contributed by atoms with Crippen LogP contribution in [0.4, 0.5) is 17.3 Å². The molecule has 1 aliphatic rings. The van der Waals surface area contributed by atoms with E-state index < -0.39 is 0 Å². The van der Waals surface area contributed by atoms with Crippen LogP contribution in [0.25, 0.3) is 0 Å². The number of amides is 1. The summed E-state index contributed by atoms with van der Waals surface area (Å²) in [6, 6.07) is 8.99. The molecule has 0 unspecified atom stereocenters. The van der Waals surface area contributed by atoms with Crippen LogP contribution in [0.1, 0.15) is 23.2 Å². The summed E-state index contributed by atoms with van der Waals surface area (Å²) >= 11 is 11.9. The van der Waals surface area contributed by atoms with E-state index in [1.165, 1.54) is 18.1 Å². The zero-order valence-corrected chi connectivity index (χ0v) is 18.3. The van der Waals surface area contributed by atoms with Gasteiger partial charge in [-0.2, -0.15) is 0 Å². The minimum atomic E-state index is -0.333. The summed E-state index contributed by atoms with van der Waals surface area (Å²) in [6.07, 6.45) is 8.76. The molecular formula is C22H22Cl2N6O.